The Morgan fingerprint density at radius 1 is 1.13 bits per heavy atom. The molecule has 2 aromatic rings. The molecule has 0 bridgehead atoms. The maximum Gasteiger partial charge on any atom is 0.319 e. The van der Waals surface area contributed by atoms with Crippen molar-refractivity contribution in [2.75, 3.05) is 42.7 Å². The van der Waals surface area contributed by atoms with Crippen LogP contribution < -0.4 is 20.9 Å². The van der Waals surface area contributed by atoms with Gasteiger partial charge in [-0.3, -0.25) is 0 Å². The summed E-state index contributed by atoms with van der Waals surface area (Å²) in [6.07, 6.45) is 4.18. The Morgan fingerprint density at radius 3 is 2.65 bits per heavy atom. The second-order valence-corrected chi connectivity index (χ2v) is 5.18. The zero-order chi connectivity index (χ0) is 16.5. The van der Waals surface area contributed by atoms with Gasteiger partial charge in [0.1, 0.15) is 11.6 Å². The molecule has 7 nitrogen and oxygen atoms in total. The van der Waals surface area contributed by atoms with Crippen LogP contribution in [-0.4, -0.2) is 43.2 Å². The van der Waals surface area contributed by atoms with Crippen molar-refractivity contribution in [2.24, 2.45) is 0 Å². The van der Waals surface area contributed by atoms with Gasteiger partial charge in [0.15, 0.2) is 0 Å². The molecule has 122 valence electrons. The second-order valence-electron chi connectivity index (χ2n) is 5.18. The highest BCUT2D eigenvalue weighted by Gasteiger charge is 2.02. The summed E-state index contributed by atoms with van der Waals surface area (Å²) >= 11 is 0. The van der Waals surface area contributed by atoms with Gasteiger partial charge in [-0.2, -0.15) is 0 Å². The number of anilines is 3. The van der Waals surface area contributed by atoms with Gasteiger partial charge in [0, 0.05) is 33.4 Å². The number of carbonyl (C=O) groups is 1. The van der Waals surface area contributed by atoms with Crippen LogP contribution in [0, 0.1) is 0 Å². The van der Waals surface area contributed by atoms with E-state index in [9.17, 15) is 4.79 Å². The van der Waals surface area contributed by atoms with Crippen molar-refractivity contribution >= 4 is 23.4 Å². The van der Waals surface area contributed by atoms with Gasteiger partial charge in [0.05, 0.1) is 11.9 Å². The largest absolute Gasteiger partial charge is 0.370 e. The average Bonchev–Trinajstić information content (AvgIpc) is 2.56. The lowest BCUT2D eigenvalue weighted by atomic mass is 10.4. The van der Waals surface area contributed by atoms with Gasteiger partial charge >= 0.3 is 6.03 Å². The Hall–Kier alpha value is -2.83. The number of hydrogen-bond donors (Lipinski definition) is 3. The smallest absolute Gasteiger partial charge is 0.319 e. The SMILES string of the molecule is CN(C)c1ccc(NC(=O)NCCCNc2ccccn2)cn1. The minimum atomic E-state index is -0.234. The van der Waals surface area contributed by atoms with Crippen LogP contribution in [-0.2, 0) is 0 Å². The van der Waals surface area contributed by atoms with Gasteiger partial charge in [-0.25, -0.2) is 14.8 Å². The Balaban J connectivity index is 1.63. The van der Waals surface area contributed by atoms with E-state index in [-0.39, 0.29) is 6.03 Å². The lowest BCUT2D eigenvalue weighted by Gasteiger charge is -2.12. The van der Waals surface area contributed by atoms with E-state index in [0.29, 0.717) is 12.2 Å². The molecule has 2 heterocycles. The first kappa shape index (κ1) is 16.5. The number of nitrogens with zero attached hydrogens (tertiary/aromatic N) is 3. The fourth-order valence-electron chi connectivity index (χ4n) is 1.87. The molecule has 0 radical (unpaired) electrons. The van der Waals surface area contributed by atoms with E-state index in [2.05, 4.69) is 25.9 Å². The number of amides is 2. The van der Waals surface area contributed by atoms with E-state index in [1.807, 2.05) is 49.3 Å². The normalized spacial score (nSPS) is 10.0. The zero-order valence-electron chi connectivity index (χ0n) is 13.4. The number of carbonyl (C=O) groups excluding carboxylic acids is 1. The molecule has 2 rings (SSSR count). The molecule has 0 saturated carbocycles. The number of rotatable bonds is 7. The first-order valence-electron chi connectivity index (χ1n) is 7.48. The second kappa shape index (κ2) is 8.57. The molecule has 0 aliphatic carbocycles. The highest BCUT2D eigenvalue weighted by atomic mass is 16.2. The lowest BCUT2D eigenvalue weighted by molar-refractivity contribution is 0.252. The molecule has 3 N–H and O–H groups in total. The van der Waals surface area contributed by atoms with Crippen LogP contribution in [0.4, 0.5) is 22.1 Å². The van der Waals surface area contributed by atoms with Crippen molar-refractivity contribution in [1.29, 1.82) is 0 Å². The van der Waals surface area contributed by atoms with Gasteiger partial charge in [-0.1, -0.05) is 6.07 Å². The molecule has 0 aliphatic rings. The zero-order valence-corrected chi connectivity index (χ0v) is 13.4. The average molecular weight is 314 g/mol. The van der Waals surface area contributed by atoms with Gasteiger partial charge in [-0.05, 0) is 30.7 Å². The van der Waals surface area contributed by atoms with Crippen LogP contribution in [0.25, 0.3) is 0 Å². The third kappa shape index (κ3) is 5.82. The summed E-state index contributed by atoms with van der Waals surface area (Å²) in [4.78, 5) is 22.1. The summed E-state index contributed by atoms with van der Waals surface area (Å²) in [5, 5.41) is 8.75. The van der Waals surface area contributed by atoms with E-state index in [4.69, 9.17) is 0 Å². The van der Waals surface area contributed by atoms with Crippen molar-refractivity contribution < 1.29 is 4.79 Å². The van der Waals surface area contributed by atoms with Crippen LogP contribution >= 0.6 is 0 Å². The molecule has 0 unspecified atom stereocenters. The van der Waals surface area contributed by atoms with E-state index < -0.39 is 0 Å². The quantitative estimate of drug-likeness (QED) is 0.682. The van der Waals surface area contributed by atoms with Gasteiger partial charge < -0.3 is 20.9 Å². The highest BCUT2D eigenvalue weighted by Crippen LogP contribution is 2.11. The van der Waals surface area contributed by atoms with Crippen LogP contribution in [0.15, 0.2) is 42.7 Å². The fraction of sp³-hybridized carbons (Fsp3) is 0.312. The van der Waals surface area contributed by atoms with Gasteiger partial charge in [0.25, 0.3) is 0 Å². The van der Waals surface area contributed by atoms with E-state index in [0.717, 1.165) is 24.6 Å². The Labute approximate surface area is 136 Å². The molecular weight excluding hydrogens is 292 g/mol. The number of urea groups is 1. The van der Waals surface area contributed by atoms with Crippen LogP contribution in [0.1, 0.15) is 6.42 Å². The third-order valence-corrected chi connectivity index (χ3v) is 3.07. The summed E-state index contributed by atoms with van der Waals surface area (Å²) in [5.41, 5.74) is 0.666. The Morgan fingerprint density at radius 2 is 2.00 bits per heavy atom. The monoisotopic (exact) mass is 314 g/mol. The van der Waals surface area contributed by atoms with Gasteiger partial charge in [-0.15, -0.1) is 0 Å². The van der Waals surface area contributed by atoms with E-state index >= 15 is 0 Å². The first-order valence-corrected chi connectivity index (χ1v) is 7.48. The highest BCUT2D eigenvalue weighted by molar-refractivity contribution is 5.89. The topological polar surface area (TPSA) is 82.2 Å². The number of aromatic nitrogens is 2. The predicted molar refractivity (Wildman–Crippen MR) is 92.9 cm³/mol. The molecule has 7 heteroatoms. The molecule has 0 spiro atoms. The number of pyridine rings is 2. The van der Waals surface area contributed by atoms with Crippen molar-refractivity contribution in [2.45, 2.75) is 6.42 Å². The Kier molecular flexibility index (Phi) is 6.17. The first-order chi connectivity index (χ1) is 11.1. The molecule has 23 heavy (non-hydrogen) atoms. The molecular formula is C16H22N6O. The number of hydrogen-bond acceptors (Lipinski definition) is 5. The summed E-state index contributed by atoms with van der Waals surface area (Å²) in [7, 11) is 3.84. The lowest BCUT2D eigenvalue weighted by Crippen LogP contribution is -2.30. The molecule has 2 aromatic heterocycles. The summed E-state index contributed by atoms with van der Waals surface area (Å²) in [6.45, 7) is 1.32. The van der Waals surface area contributed by atoms with Gasteiger partial charge in [0.2, 0.25) is 0 Å². The van der Waals surface area contributed by atoms with Crippen LogP contribution in [0.2, 0.25) is 0 Å². The summed E-state index contributed by atoms with van der Waals surface area (Å²) < 4.78 is 0. The minimum absolute atomic E-state index is 0.234. The summed E-state index contributed by atoms with van der Waals surface area (Å²) in [6, 6.07) is 9.15. The maximum absolute atomic E-state index is 11.8. The molecule has 0 atom stereocenters. The Bertz CT molecular complexity index is 600. The minimum Gasteiger partial charge on any atom is -0.370 e. The fourth-order valence-corrected chi connectivity index (χ4v) is 1.87. The molecule has 2 amide bonds. The maximum atomic E-state index is 11.8. The van der Waals surface area contributed by atoms with E-state index in [1.165, 1.54) is 0 Å². The number of nitrogens with one attached hydrogen (secondary N) is 3. The van der Waals surface area contributed by atoms with Crippen LogP contribution in [0.3, 0.4) is 0 Å². The van der Waals surface area contributed by atoms with Crippen molar-refractivity contribution in [3.8, 4) is 0 Å². The molecule has 0 aliphatic heterocycles. The predicted octanol–water partition coefficient (Wildman–Crippen LogP) is 2.17. The van der Waals surface area contributed by atoms with E-state index in [1.54, 1.807) is 12.4 Å². The van der Waals surface area contributed by atoms with Crippen molar-refractivity contribution in [3.05, 3.63) is 42.7 Å². The van der Waals surface area contributed by atoms with Crippen molar-refractivity contribution in [1.82, 2.24) is 15.3 Å². The van der Waals surface area contributed by atoms with Crippen LogP contribution in [0.5, 0.6) is 0 Å². The molecule has 0 saturated heterocycles. The molecule has 0 fully saturated rings. The van der Waals surface area contributed by atoms with Crippen molar-refractivity contribution in [3.63, 3.8) is 0 Å². The molecule has 0 aromatic carbocycles. The third-order valence-electron chi connectivity index (χ3n) is 3.07. The summed E-state index contributed by atoms with van der Waals surface area (Å²) in [5.74, 6) is 1.68. The standard InChI is InChI=1S/C16H22N6O/c1-22(2)15-8-7-13(12-20-15)21-16(23)19-11-5-10-18-14-6-3-4-9-17-14/h3-4,6-9,12H,5,10-11H2,1-2H3,(H,17,18)(H2,19,21,23).